The highest BCUT2D eigenvalue weighted by atomic mass is 32.1. The van der Waals surface area contributed by atoms with E-state index in [2.05, 4.69) is 11.6 Å². The van der Waals surface area contributed by atoms with Gasteiger partial charge in [0.15, 0.2) is 0 Å². The molecule has 0 aliphatic rings. The maximum atomic E-state index is 13.3. The van der Waals surface area contributed by atoms with E-state index in [9.17, 15) is 27.5 Å². The van der Waals surface area contributed by atoms with Crippen LogP contribution in [0.2, 0.25) is 0 Å². The lowest BCUT2D eigenvalue weighted by atomic mass is 10.1. The van der Waals surface area contributed by atoms with Crippen LogP contribution in [-0.4, -0.2) is 16.1 Å². The zero-order chi connectivity index (χ0) is 17.9. The predicted octanol–water partition coefficient (Wildman–Crippen LogP) is 3.63. The van der Waals surface area contributed by atoms with Gasteiger partial charge in [0.25, 0.3) is 0 Å². The third kappa shape index (κ3) is 4.39. The number of carbonyl (C=O) groups is 1. The fourth-order valence-electron chi connectivity index (χ4n) is 1.77. The molecule has 24 heavy (non-hydrogen) atoms. The van der Waals surface area contributed by atoms with Gasteiger partial charge in [-0.1, -0.05) is 6.58 Å². The Morgan fingerprint density at radius 2 is 2.08 bits per heavy atom. The summed E-state index contributed by atoms with van der Waals surface area (Å²) >= 11 is 1.09. The van der Waals surface area contributed by atoms with E-state index in [1.165, 1.54) is 6.20 Å². The van der Waals surface area contributed by atoms with Gasteiger partial charge in [-0.2, -0.15) is 13.2 Å². The maximum absolute atomic E-state index is 13.3. The normalized spacial score (nSPS) is 12.7. The van der Waals surface area contributed by atoms with Crippen LogP contribution in [0.1, 0.15) is 22.2 Å². The lowest BCUT2D eigenvalue weighted by molar-refractivity contribution is -0.141. The molecule has 1 aromatic heterocycles. The zero-order valence-electron chi connectivity index (χ0n) is 12.0. The minimum atomic E-state index is -4.72. The molecule has 0 saturated heterocycles. The van der Waals surface area contributed by atoms with Gasteiger partial charge in [-0.05, 0) is 23.8 Å². The molecule has 1 aromatic carbocycles. The van der Waals surface area contributed by atoms with E-state index in [-0.39, 0.29) is 16.1 Å². The van der Waals surface area contributed by atoms with Gasteiger partial charge in [-0.3, -0.25) is 0 Å². The summed E-state index contributed by atoms with van der Waals surface area (Å²) < 4.78 is 55.9. The van der Waals surface area contributed by atoms with Crippen molar-refractivity contribution in [3.63, 3.8) is 0 Å². The molecule has 0 radical (unpaired) electrons. The number of aliphatic hydroxyl groups is 1. The Hall–Kier alpha value is -2.26. The highest BCUT2D eigenvalue weighted by molar-refractivity contribution is 7.09. The van der Waals surface area contributed by atoms with Crippen molar-refractivity contribution in [2.75, 3.05) is 0 Å². The number of aromatic nitrogens is 1. The molecule has 0 fully saturated rings. The Kier molecular flexibility index (Phi) is 5.35. The van der Waals surface area contributed by atoms with Gasteiger partial charge in [-0.25, -0.2) is 14.2 Å². The minimum absolute atomic E-state index is 0.174. The van der Waals surface area contributed by atoms with Gasteiger partial charge in [0.1, 0.15) is 23.5 Å². The first-order chi connectivity index (χ1) is 11.2. The molecule has 0 saturated carbocycles. The summed E-state index contributed by atoms with van der Waals surface area (Å²) in [6, 6.07) is 1.84. The maximum Gasteiger partial charge on any atom is 0.416 e. The molecular weight excluding hydrogens is 350 g/mol. The summed E-state index contributed by atoms with van der Waals surface area (Å²) in [5, 5.41) is 11.7. The minimum Gasteiger partial charge on any atom is -0.457 e. The van der Waals surface area contributed by atoms with Crippen molar-refractivity contribution in [1.82, 2.24) is 4.98 Å². The zero-order valence-corrected chi connectivity index (χ0v) is 12.8. The molecule has 128 valence electrons. The fraction of sp³-hybridized carbons (Fsp3) is 0.200. The summed E-state index contributed by atoms with van der Waals surface area (Å²) in [7, 11) is 0. The summed E-state index contributed by atoms with van der Waals surface area (Å²) in [4.78, 5) is 15.6. The van der Waals surface area contributed by atoms with Gasteiger partial charge < -0.3 is 9.84 Å². The Balaban J connectivity index is 2.04. The van der Waals surface area contributed by atoms with E-state index in [0.29, 0.717) is 12.1 Å². The largest absolute Gasteiger partial charge is 0.457 e. The van der Waals surface area contributed by atoms with Crippen LogP contribution in [0, 0.1) is 5.82 Å². The number of thiazole rings is 1. The second-order valence-electron chi connectivity index (χ2n) is 4.72. The SMILES string of the molecule is C=C(C(=O)OCc1cc(F)cc(C(F)(F)F)c1)C(O)c1nccs1. The van der Waals surface area contributed by atoms with Crippen molar-refractivity contribution in [3.05, 3.63) is 63.9 Å². The molecule has 0 spiro atoms. The Morgan fingerprint density at radius 1 is 1.38 bits per heavy atom. The number of aliphatic hydroxyl groups excluding tert-OH is 1. The van der Waals surface area contributed by atoms with Gasteiger partial charge in [0, 0.05) is 11.6 Å². The van der Waals surface area contributed by atoms with Gasteiger partial charge in [-0.15, -0.1) is 11.3 Å². The smallest absolute Gasteiger partial charge is 0.416 e. The molecule has 4 nitrogen and oxygen atoms in total. The monoisotopic (exact) mass is 361 g/mol. The second kappa shape index (κ2) is 7.10. The molecule has 1 atom stereocenters. The van der Waals surface area contributed by atoms with E-state index in [0.717, 1.165) is 17.4 Å². The van der Waals surface area contributed by atoms with E-state index in [4.69, 9.17) is 4.74 Å². The van der Waals surface area contributed by atoms with Gasteiger partial charge in [0.2, 0.25) is 0 Å². The van der Waals surface area contributed by atoms with Crippen molar-refractivity contribution in [2.24, 2.45) is 0 Å². The summed E-state index contributed by atoms with van der Waals surface area (Å²) in [6.45, 7) is 2.79. The molecule has 1 heterocycles. The molecule has 2 rings (SSSR count). The van der Waals surface area contributed by atoms with Crippen LogP contribution in [0.3, 0.4) is 0 Å². The molecule has 1 unspecified atom stereocenters. The number of benzene rings is 1. The summed E-state index contributed by atoms with van der Waals surface area (Å²) in [5.41, 5.74) is -1.68. The van der Waals surface area contributed by atoms with E-state index >= 15 is 0 Å². The highest BCUT2D eigenvalue weighted by Gasteiger charge is 2.31. The van der Waals surface area contributed by atoms with Gasteiger partial charge >= 0.3 is 12.1 Å². The van der Waals surface area contributed by atoms with E-state index in [1.807, 2.05) is 0 Å². The second-order valence-corrected chi connectivity index (χ2v) is 5.65. The van der Waals surface area contributed by atoms with Crippen molar-refractivity contribution < 1.29 is 32.2 Å². The molecule has 9 heteroatoms. The fourth-order valence-corrected chi connectivity index (χ4v) is 2.42. The Bertz CT molecular complexity index is 744. The third-order valence-electron chi connectivity index (χ3n) is 2.93. The van der Waals surface area contributed by atoms with Crippen LogP contribution in [0.25, 0.3) is 0 Å². The topological polar surface area (TPSA) is 59.4 Å². The predicted molar refractivity (Wildman–Crippen MR) is 77.4 cm³/mol. The third-order valence-corrected chi connectivity index (χ3v) is 3.76. The molecule has 1 N–H and O–H groups in total. The summed E-state index contributed by atoms with van der Waals surface area (Å²) in [5.74, 6) is -2.12. The molecule has 0 amide bonds. The Labute approximate surface area is 138 Å². The van der Waals surface area contributed by atoms with Crippen LogP contribution in [0.15, 0.2) is 41.9 Å². The molecular formula is C15H11F4NO3S. The van der Waals surface area contributed by atoms with Crippen LogP contribution in [0.5, 0.6) is 0 Å². The molecule has 0 bridgehead atoms. The molecule has 0 aliphatic carbocycles. The average molecular weight is 361 g/mol. The van der Waals surface area contributed by atoms with Crippen molar-refractivity contribution in [1.29, 1.82) is 0 Å². The average Bonchev–Trinajstić information content (AvgIpc) is 3.04. The summed E-state index contributed by atoms with van der Waals surface area (Å²) in [6.07, 6.45) is -4.67. The lowest BCUT2D eigenvalue weighted by Crippen LogP contribution is -2.14. The van der Waals surface area contributed by atoms with Crippen LogP contribution in [-0.2, 0) is 22.3 Å². The number of esters is 1. The standard InChI is InChI=1S/C15H11F4NO3S/c1-8(12(21)13-20-2-3-24-13)14(22)23-7-9-4-10(15(17,18)19)6-11(16)5-9/h2-6,12,21H,1,7H2. The number of hydrogen-bond donors (Lipinski definition) is 1. The number of rotatable bonds is 5. The number of nitrogens with zero attached hydrogens (tertiary/aromatic N) is 1. The van der Waals surface area contributed by atoms with Gasteiger partial charge in [0.05, 0.1) is 11.1 Å². The van der Waals surface area contributed by atoms with Crippen LogP contribution in [0.4, 0.5) is 17.6 Å². The van der Waals surface area contributed by atoms with Crippen molar-refractivity contribution >= 4 is 17.3 Å². The number of alkyl halides is 3. The molecule has 2 aromatic rings. The first-order valence-electron chi connectivity index (χ1n) is 6.48. The van der Waals surface area contributed by atoms with E-state index < -0.39 is 36.2 Å². The Morgan fingerprint density at radius 3 is 2.67 bits per heavy atom. The number of hydrogen-bond acceptors (Lipinski definition) is 5. The first kappa shape index (κ1) is 18.1. The first-order valence-corrected chi connectivity index (χ1v) is 7.36. The number of carbonyl (C=O) groups excluding carboxylic acids is 1. The number of ether oxygens (including phenoxy) is 1. The van der Waals surface area contributed by atoms with Crippen molar-refractivity contribution in [2.45, 2.75) is 18.9 Å². The lowest BCUT2D eigenvalue weighted by Gasteiger charge is -2.12. The number of halogens is 4. The van der Waals surface area contributed by atoms with Crippen LogP contribution < -0.4 is 0 Å². The van der Waals surface area contributed by atoms with E-state index in [1.54, 1.807) is 5.38 Å². The quantitative estimate of drug-likeness (QED) is 0.502. The highest BCUT2D eigenvalue weighted by Crippen LogP contribution is 2.30. The van der Waals surface area contributed by atoms with Crippen LogP contribution >= 0.6 is 11.3 Å². The van der Waals surface area contributed by atoms with Crippen molar-refractivity contribution in [3.8, 4) is 0 Å². The molecule has 0 aliphatic heterocycles.